The minimum Gasteiger partial charge on any atom is -0.379 e. The molecule has 4 rings (SSSR count). The van der Waals surface area contributed by atoms with Gasteiger partial charge in [-0.25, -0.2) is 8.42 Å². The predicted molar refractivity (Wildman–Crippen MR) is 114 cm³/mol. The number of H-pyrrole nitrogens is 1. The van der Waals surface area contributed by atoms with Gasteiger partial charge in [0, 0.05) is 30.7 Å². The second-order valence-corrected chi connectivity index (χ2v) is 9.71. The molecule has 1 atom stereocenters. The van der Waals surface area contributed by atoms with Crippen LogP contribution in [0, 0.1) is 6.92 Å². The summed E-state index contributed by atoms with van der Waals surface area (Å²) < 4.78 is 32.8. The molecule has 2 saturated heterocycles. The third-order valence-corrected chi connectivity index (χ3v) is 7.79. The molecule has 30 heavy (non-hydrogen) atoms. The predicted octanol–water partition coefficient (Wildman–Crippen LogP) is 2.12. The number of aryl methyl sites for hydroxylation is 1. The van der Waals surface area contributed by atoms with Gasteiger partial charge in [-0.1, -0.05) is 6.07 Å². The van der Waals surface area contributed by atoms with Crippen molar-refractivity contribution in [3.05, 3.63) is 47.8 Å². The van der Waals surface area contributed by atoms with Gasteiger partial charge >= 0.3 is 0 Å². The van der Waals surface area contributed by atoms with E-state index in [2.05, 4.69) is 15.2 Å². The molecule has 162 valence electrons. The summed E-state index contributed by atoms with van der Waals surface area (Å²) in [6, 6.07) is 9.27. The molecule has 2 aliphatic rings. The molecule has 0 aliphatic carbocycles. The van der Waals surface area contributed by atoms with Gasteiger partial charge in [-0.05, 0) is 56.1 Å². The van der Waals surface area contributed by atoms with E-state index >= 15 is 0 Å². The first-order chi connectivity index (χ1) is 14.4. The molecule has 2 aromatic rings. The lowest BCUT2D eigenvalue weighted by Gasteiger charge is -2.27. The fourth-order valence-electron chi connectivity index (χ4n) is 4.19. The lowest BCUT2D eigenvalue weighted by molar-refractivity contribution is -0.117. The minimum atomic E-state index is -3.62. The van der Waals surface area contributed by atoms with Crippen LogP contribution in [0.5, 0.6) is 0 Å². The van der Waals surface area contributed by atoms with E-state index in [0.29, 0.717) is 37.6 Å². The first-order valence-corrected chi connectivity index (χ1v) is 11.7. The van der Waals surface area contributed by atoms with Gasteiger partial charge in [-0.2, -0.15) is 4.31 Å². The van der Waals surface area contributed by atoms with Crippen LogP contribution in [-0.2, 0) is 19.6 Å². The Bertz CT molecular complexity index is 984. The van der Waals surface area contributed by atoms with Crippen molar-refractivity contribution in [1.82, 2.24) is 14.2 Å². The van der Waals surface area contributed by atoms with Crippen molar-refractivity contribution in [2.75, 3.05) is 44.7 Å². The van der Waals surface area contributed by atoms with Crippen molar-refractivity contribution < 1.29 is 17.9 Å². The Labute approximate surface area is 177 Å². The summed E-state index contributed by atoms with van der Waals surface area (Å²) in [6.45, 7) is 4.37. The average molecular weight is 433 g/mol. The molecular formula is C21H28N4O4S. The van der Waals surface area contributed by atoms with Crippen LogP contribution in [-0.4, -0.2) is 67.9 Å². The number of amides is 1. The Hall–Kier alpha value is -2.20. The Balaban J connectivity index is 1.46. The molecule has 0 saturated carbocycles. The lowest BCUT2D eigenvalue weighted by atomic mass is 10.1. The Morgan fingerprint density at radius 3 is 2.77 bits per heavy atom. The normalized spacial score (nSPS) is 21.0. The van der Waals surface area contributed by atoms with Crippen LogP contribution in [0.25, 0.3) is 0 Å². The Morgan fingerprint density at radius 2 is 2.03 bits per heavy atom. The molecule has 0 spiro atoms. The number of likely N-dealkylation sites (tertiary alicyclic amines) is 1. The number of rotatable bonds is 6. The molecule has 9 heteroatoms. The number of anilines is 1. The van der Waals surface area contributed by atoms with Crippen LogP contribution < -0.4 is 5.32 Å². The van der Waals surface area contributed by atoms with Crippen molar-refractivity contribution >= 4 is 21.6 Å². The second-order valence-electron chi connectivity index (χ2n) is 7.80. The summed E-state index contributed by atoms with van der Waals surface area (Å²) in [5.41, 5.74) is 2.27. The molecule has 0 unspecified atom stereocenters. The number of carbonyl (C=O) groups excluding carboxylic acids is 1. The molecule has 8 nitrogen and oxygen atoms in total. The van der Waals surface area contributed by atoms with E-state index in [-0.39, 0.29) is 23.4 Å². The number of aromatic nitrogens is 1. The van der Waals surface area contributed by atoms with E-state index < -0.39 is 10.0 Å². The molecule has 3 heterocycles. The highest BCUT2D eigenvalue weighted by molar-refractivity contribution is 7.89. The van der Waals surface area contributed by atoms with Gasteiger partial charge in [-0.15, -0.1) is 0 Å². The molecule has 0 bridgehead atoms. The average Bonchev–Trinajstić information content (AvgIpc) is 3.41. The number of nitrogens with one attached hydrogen (secondary N) is 2. The Morgan fingerprint density at radius 1 is 1.23 bits per heavy atom. The van der Waals surface area contributed by atoms with Crippen molar-refractivity contribution in [2.24, 2.45) is 0 Å². The fraction of sp³-hybridized carbons (Fsp3) is 0.476. The number of nitrogens with zero attached hydrogens (tertiary/aromatic N) is 2. The molecule has 0 radical (unpaired) electrons. The lowest BCUT2D eigenvalue weighted by Crippen LogP contribution is -2.40. The summed E-state index contributed by atoms with van der Waals surface area (Å²) in [7, 11) is -3.62. The van der Waals surface area contributed by atoms with Crippen LogP contribution in [0.2, 0.25) is 0 Å². The van der Waals surface area contributed by atoms with Crippen LogP contribution in [0.15, 0.2) is 41.4 Å². The summed E-state index contributed by atoms with van der Waals surface area (Å²) in [6.07, 6.45) is 3.96. The molecule has 1 aromatic carbocycles. The van der Waals surface area contributed by atoms with Gasteiger partial charge in [0.05, 0.1) is 30.7 Å². The zero-order valence-electron chi connectivity index (χ0n) is 17.1. The van der Waals surface area contributed by atoms with Gasteiger partial charge in [0.25, 0.3) is 0 Å². The number of sulfonamides is 1. The number of benzene rings is 1. The van der Waals surface area contributed by atoms with E-state index in [1.807, 2.05) is 18.3 Å². The maximum absolute atomic E-state index is 13.0. The van der Waals surface area contributed by atoms with Crippen LogP contribution in [0.3, 0.4) is 0 Å². The number of morpholine rings is 1. The zero-order chi connectivity index (χ0) is 21.1. The summed E-state index contributed by atoms with van der Waals surface area (Å²) in [5.74, 6) is -0.146. The third-order valence-electron chi connectivity index (χ3n) is 5.75. The highest BCUT2D eigenvalue weighted by Crippen LogP contribution is 2.30. The molecular weight excluding hydrogens is 404 g/mol. The first kappa shape index (κ1) is 21.0. The smallest absolute Gasteiger partial charge is 0.243 e. The minimum absolute atomic E-state index is 0.146. The number of carbonyl (C=O) groups is 1. The van der Waals surface area contributed by atoms with Crippen molar-refractivity contribution in [3.63, 3.8) is 0 Å². The highest BCUT2D eigenvalue weighted by atomic mass is 32.2. The zero-order valence-corrected chi connectivity index (χ0v) is 18.0. The van der Waals surface area contributed by atoms with Crippen LogP contribution >= 0.6 is 0 Å². The summed E-state index contributed by atoms with van der Waals surface area (Å²) in [4.78, 5) is 18.3. The maximum atomic E-state index is 13.0. The van der Waals surface area contributed by atoms with Crippen LogP contribution in [0.4, 0.5) is 5.69 Å². The maximum Gasteiger partial charge on any atom is 0.243 e. The van der Waals surface area contributed by atoms with Crippen LogP contribution in [0.1, 0.15) is 30.1 Å². The molecule has 1 aromatic heterocycles. The summed E-state index contributed by atoms with van der Waals surface area (Å²) >= 11 is 0. The summed E-state index contributed by atoms with van der Waals surface area (Å²) in [5, 5.41) is 2.88. The van der Waals surface area contributed by atoms with Crippen molar-refractivity contribution in [1.29, 1.82) is 0 Å². The molecule has 2 N–H and O–H groups in total. The number of hydrogen-bond donors (Lipinski definition) is 2. The van der Waals surface area contributed by atoms with Crippen molar-refractivity contribution in [2.45, 2.75) is 30.7 Å². The van der Waals surface area contributed by atoms with E-state index in [4.69, 9.17) is 4.74 Å². The third kappa shape index (κ3) is 4.44. The van der Waals surface area contributed by atoms with Crippen molar-refractivity contribution in [3.8, 4) is 0 Å². The van der Waals surface area contributed by atoms with Gasteiger partial charge in [-0.3, -0.25) is 9.69 Å². The largest absolute Gasteiger partial charge is 0.379 e. The van der Waals surface area contributed by atoms with Gasteiger partial charge in [0.15, 0.2) is 0 Å². The SMILES string of the molecule is Cc1ccc(NC(=O)CN2CCC[C@H]2c2ccc[nH]2)cc1S(=O)(=O)N1CCOCC1. The highest BCUT2D eigenvalue weighted by Gasteiger charge is 2.29. The topological polar surface area (TPSA) is 94.7 Å². The van der Waals surface area contributed by atoms with E-state index in [1.165, 1.54) is 4.31 Å². The second kappa shape index (κ2) is 8.89. The molecule has 2 aliphatic heterocycles. The molecule has 2 fully saturated rings. The molecule has 1 amide bonds. The van der Waals surface area contributed by atoms with E-state index in [1.54, 1.807) is 25.1 Å². The van der Waals surface area contributed by atoms with Gasteiger partial charge in [0.2, 0.25) is 15.9 Å². The monoisotopic (exact) mass is 432 g/mol. The first-order valence-electron chi connectivity index (χ1n) is 10.3. The van der Waals surface area contributed by atoms with E-state index in [9.17, 15) is 13.2 Å². The van der Waals surface area contributed by atoms with Gasteiger partial charge < -0.3 is 15.0 Å². The number of aromatic amines is 1. The quantitative estimate of drug-likeness (QED) is 0.729. The standard InChI is InChI=1S/C21H28N4O4S/c1-16-6-7-17(14-20(16)30(27,28)25-10-12-29-13-11-25)23-21(26)15-24-9-3-5-19(24)18-4-2-8-22-18/h2,4,6-8,14,19,22H,3,5,9-13,15H2,1H3,(H,23,26)/t19-/m0/s1. The van der Waals surface area contributed by atoms with Gasteiger partial charge in [0.1, 0.15) is 0 Å². The van der Waals surface area contributed by atoms with E-state index in [0.717, 1.165) is 25.1 Å². The number of hydrogen-bond acceptors (Lipinski definition) is 5. The fourth-order valence-corrected chi connectivity index (χ4v) is 5.84. The Kier molecular flexibility index (Phi) is 6.24. The number of ether oxygens (including phenoxy) is 1.